The van der Waals surface area contributed by atoms with Gasteiger partial charge in [-0.25, -0.2) is 4.79 Å². The summed E-state index contributed by atoms with van der Waals surface area (Å²) in [5.74, 6) is 0.626. The summed E-state index contributed by atoms with van der Waals surface area (Å²) in [6.45, 7) is 10.0. The van der Waals surface area contributed by atoms with Crippen molar-refractivity contribution in [3.63, 3.8) is 0 Å². The molecule has 1 heterocycles. The summed E-state index contributed by atoms with van der Waals surface area (Å²) in [6, 6.07) is 4.08. The smallest absolute Gasteiger partial charge is 0.494 e. The van der Waals surface area contributed by atoms with Gasteiger partial charge in [-0.1, -0.05) is 0 Å². The molecule has 1 aliphatic rings. The van der Waals surface area contributed by atoms with Gasteiger partial charge in [-0.2, -0.15) is 0 Å². The maximum absolute atomic E-state index is 12.5. The van der Waals surface area contributed by atoms with Gasteiger partial charge >= 0.3 is 12.5 Å². The van der Waals surface area contributed by atoms with E-state index in [2.05, 4.69) is 10.1 Å². The number of carbonyl (C=O) groups excluding carboxylic acids is 1. The number of nitrogens with one attached hydrogen (secondary N) is 1. The molecule has 0 bridgehead atoms. The van der Waals surface area contributed by atoms with Crippen LogP contribution >= 0.6 is 0 Å². The number of carbonyl (C=O) groups is 1. The van der Waals surface area contributed by atoms with E-state index >= 15 is 0 Å². The number of rotatable bonds is 7. The zero-order valence-corrected chi connectivity index (χ0v) is 18.0. The van der Waals surface area contributed by atoms with Crippen LogP contribution in [-0.4, -0.2) is 49.2 Å². The summed E-state index contributed by atoms with van der Waals surface area (Å²) in [5.41, 5.74) is 0.0859. The van der Waals surface area contributed by atoms with Crippen LogP contribution in [0.3, 0.4) is 0 Å². The summed E-state index contributed by atoms with van der Waals surface area (Å²) in [6.07, 6.45) is -3.36. The van der Waals surface area contributed by atoms with Gasteiger partial charge in [0.15, 0.2) is 0 Å². The van der Waals surface area contributed by atoms with Crippen molar-refractivity contribution in [1.82, 2.24) is 10.2 Å². The average Bonchev–Trinajstić information content (AvgIpc) is 2.62. The number of hydrogen-bond acceptors (Lipinski definition) is 5. The second kappa shape index (κ2) is 10.2. The first-order chi connectivity index (χ1) is 14.0. The summed E-state index contributed by atoms with van der Waals surface area (Å²) >= 11 is 0. The normalized spacial score (nSPS) is 15.8. The molecule has 0 unspecified atom stereocenters. The van der Waals surface area contributed by atoms with Crippen LogP contribution in [0.5, 0.6) is 11.5 Å². The van der Waals surface area contributed by atoms with E-state index in [0.29, 0.717) is 50.0 Å². The number of hydrogen-bond donors (Lipinski definition) is 1. The quantitative estimate of drug-likeness (QED) is 0.676. The SMILES string of the molecule is CCOc1ccc(OC(F)(F)F)cc1CNCC1CCN(C(=O)OC(C)(C)C)CC1. The highest BCUT2D eigenvalue weighted by atomic mass is 19.4. The lowest BCUT2D eigenvalue weighted by atomic mass is 9.97. The van der Waals surface area contributed by atoms with Crippen molar-refractivity contribution in [2.45, 2.75) is 59.0 Å². The molecule has 1 saturated heterocycles. The number of likely N-dealkylation sites (tertiary alicyclic amines) is 1. The van der Waals surface area contributed by atoms with Crippen LogP contribution in [0.25, 0.3) is 0 Å². The van der Waals surface area contributed by atoms with E-state index < -0.39 is 12.0 Å². The minimum absolute atomic E-state index is 0.270. The molecular weight excluding hydrogens is 401 g/mol. The largest absolute Gasteiger partial charge is 0.573 e. The van der Waals surface area contributed by atoms with Crippen molar-refractivity contribution >= 4 is 6.09 Å². The van der Waals surface area contributed by atoms with Crippen LogP contribution in [0.15, 0.2) is 18.2 Å². The monoisotopic (exact) mass is 432 g/mol. The second-order valence-corrected chi connectivity index (χ2v) is 8.29. The van der Waals surface area contributed by atoms with E-state index in [9.17, 15) is 18.0 Å². The number of ether oxygens (including phenoxy) is 3. The van der Waals surface area contributed by atoms with Crippen molar-refractivity contribution in [3.8, 4) is 11.5 Å². The Hall–Kier alpha value is -2.16. The molecule has 1 amide bonds. The van der Waals surface area contributed by atoms with Crippen LogP contribution in [0.2, 0.25) is 0 Å². The zero-order valence-electron chi connectivity index (χ0n) is 18.0. The predicted octanol–water partition coefficient (Wildman–Crippen LogP) is 4.72. The number of benzene rings is 1. The molecule has 0 saturated carbocycles. The molecule has 0 aromatic heterocycles. The van der Waals surface area contributed by atoms with Crippen molar-refractivity contribution < 1.29 is 32.2 Å². The van der Waals surface area contributed by atoms with E-state index in [1.54, 1.807) is 4.90 Å². The van der Waals surface area contributed by atoms with Crippen molar-refractivity contribution in [3.05, 3.63) is 23.8 Å². The van der Waals surface area contributed by atoms with E-state index in [4.69, 9.17) is 9.47 Å². The van der Waals surface area contributed by atoms with Crippen LogP contribution < -0.4 is 14.8 Å². The molecule has 1 aromatic carbocycles. The first-order valence-electron chi connectivity index (χ1n) is 10.2. The van der Waals surface area contributed by atoms with Gasteiger partial charge in [0.25, 0.3) is 0 Å². The summed E-state index contributed by atoms with van der Waals surface area (Å²) in [5, 5.41) is 3.29. The first kappa shape index (κ1) is 24.1. The van der Waals surface area contributed by atoms with E-state index in [0.717, 1.165) is 12.8 Å². The fraction of sp³-hybridized carbons (Fsp3) is 0.667. The zero-order chi connectivity index (χ0) is 22.4. The fourth-order valence-corrected chi connectivity index (χ4v) is 3.24. The Morgan fingerprint density at radius 2 is 1.87 bits per heavy atom. The lowest BCUT2D eigenvalue weighted by molar-refractivity contribution is -0.274. The lowest BCUT2D eigenvalue weighted by Crippen LogP contribution is -2.43. The molecule has 170 valence electrons. The van der Waals surface area contributed by atoms with Crippen LogP contribution in [0.1, 0.15) is 46.1 Å². The highest BCUT2D eigenvalue weighted by Gasteiger charge is 2.31. The maximum Gasteiger partial charge on any atom is 0.573 e. The van der Waals surface area contributed by atoms with Gasteiger partial charge < -0.3 is 24.4 Å². The molecule has 0 spiro atoms. The Morgan fingerprint density at radius 1 is 1.20 bits per heavy atom. The van der Waals surface area contributed by atoms with E-state index in [1.165, 1.54) is 18.2 Å². The molecule has 1 aliphatic heterocycles. The van der Waals surface area contributed by atoms with Gasteiger partial charge in [0.05, 0.1) is 6.61 Å². The standard InChI is InChI=1S/C21H31F3N2O4/c1-5-28-18-7-6-17(29-21(22,23)24)12-16(18)14-25-13-15-8-10-26(11-9-15)19(27)30-20(2,3)4/h6-7,12,15,25H,5,8-11,13-14H2,1-4H3. The van der Waals surface area contributed by atoms with Crippen molar-refractivity contribution in [1.29, 1.82) is 0 Å². The number of piperidine rings is 1. The molecule has 1 N–H and O–H groups in total. The number of amides is 1. The Labute approximate surface area is 175 Å². The Morgan fingerprint density at radius 3 is 2.43 bits per heavy atom. The lowest BCUT2D eigenvalue weighted by Gasteiger charge is -2.33. The molecular formula is C21H31F3N2O4. The fourth-order valence-electron chi connectivity index (χ4n) is 3.24. The van der Waals surface area contributed by atoms with Gasteiger partial charge in [-0.15, -0.1) is 13.2 Å². The third kappa shape index (κ3) is 8.30. The molecule has 0 radical (unpaired) electrons. The number of nitrogens with zero attached hydrogens (tertiary/aromatic N) is 1. The molecule has 2 rings (SSSR count). The van der Waals surface area contributed by atoms with Gasteiger partial charge in [-0.05, 0) is 71.2 Å². The molecule has 30 heavy (non-hydrogen) atoms. The minimum atomic E-state index is -4.74. The summed E-state index contributed by atoms with van der Waals surface area (Å²) in [4.78, 5) is 13.8. The van der Waals surface area contributed by atoms with Crippen LogP contribution in [-0.2, 0) is 11.3 Å². The second-order valence-electron chi connectivity index (χ2n) is 8.29. The highest BCUT2D eigenvalue weighted by Crippen LogP contribution is 2.29. The summed E-state index contributed by atoms with van der Waals surface area (Å²) in [7, 11) is 0. The van der Waals surface area contributed by atoms with Gasteiger partial charge in [0.2, 0.25) is 0 Å². The molecule has 6 nitrogen and oxygen atoms in total. The number of alkyl halides is 3. The minimum Gasteiger partial charge on any atom is -0.494 e. The molecule has 1 fully saturated rings. The third-order valence-electron chi connectivity index (χ3n) is 4.58. The predicted molar refractivity (Wildman–Crippen MR) is 107 cm³/mol. The summed E-state index contributed by atoms with van der Waals surface area (Å²) < 4.78 is 52.4. The molecule has 0 atom stereocenters. The van der Waals surface area contributed by atoms with Crippen LogP contribution in [0, 0.1) is 5.92 Å². The van der Waals surface area contributed by atoms with Crippen LogP contribution in [0.4, 0.5) is 18.0 Å². The van der Waals surface area contributed by atoms with Crippen molar-refractivity contribution in [2.75, 3.05) is 26.2 Å². The number of halogens is 3. The average molecular weight is 432 g/mol. The van der Waals surface area contributed by atoms with Gasteiger partial charge in [0.1, 0.15) is 17.1 Å². The topological polar surface area (TPSA) is 60.0 Å². The molecule has 1 aromatic rings. The van der Waals surface area contributed by atoms with E-state index in [1.807, 2.05) is 27.7 Å². The van der Waals surface area contributed by atoms with E-state index in [-0.39, 0.29) is 11.8 Å². The Balaban J connectivity index is 1.85. The van der Waals surface area contributed by atoms with Gasteiger partial charge in [0, 0.05) is 25.2 Å². The third-order valence-corrected chi connectivity index (χ3v) is 4.58. The Bertz CT molecular complexity index is 696. The van der Waals surface area contributed by atoms with Gasteiger partial charge in [-0.3, -0.25) is 0 Å². The van der Waals surface area contributed by atoms with Crippen molar-refractivity contribution in [2.24, 2.45) is 5.92 Å². The first-order valence-corrected chi connectivity index (χ1v) is 10.2. The molecule has 9 heteroatoms. The Kier molecular flexibility index (Phi) is 8.23. The maximum atomic E-state index is 12.5. The molecule has 0 aliphatic carbocycles. The highest BCUT2D eigenvalue weighted by molar-refractivity contribution is 5.68.